The van der Waals surface area contributed by atoms with Gasteiger partial charge in [-0.05, 0) is 38.5 Å². The third-order valence-electron chi connectivity index (χ3n) is 2.44. The Balaban J connectivity index is 2.64. The van der Waals surface area contributed by atoms with Crippen molar-refractivity contribution in [3.63, 3.8) is 0 Å². The summed E-state index contributed by atoms with van der Waals surface area (Å²) in [6.07, 6.45) is -6.47. The summed E-state index contributed by atoms with van der Waals surface area (Å²) in [5.41, 5.74) is -1.47. The first kappa shape index (κ1) is 17.3. The SMILES string of the molecule is CC(C)(C)OC(=O)NC[C@@H](O)c1cccc(C(F)(F)F)c1. The van der Waals surface area contributed by atoms with E-state index in [4.69, 9.17) is 4.74 Å². The van der Waals surface area contributed by atoms with Gasteiger partial charge in [-0.1, -0.05) is 12.1 Å². The Morgan fingerprint density at radius 2 is 1.95 bits per heavy atom. The number of ether oxygens (including phenoxy) is 1. The van der Waals surface area contributed by atoms with Gasteiger partial charge in [-0.25, -0.2) is 4.79 Å². The van der Waals surface area contributed by atoms with Crippen LogP contribution in [0.25, 0.3) is 0 Å². The van der Waals surface area contributed by atoms with Gasteiger partial charge in [0, 0.05) is 0 Å². The highest BCUT2D eigenvalue weighted by Crippen LogP contribution is 2.30. The molecule has 1 amide bonds. The minimum Gasteiger partial charge on any atom is -0.444 e. The van der Waals surface area contributed by atoms with Gasteiger partial charge in [0.2, 0.25) is 0 Å². The third kappa shape index (κ3) is 6.03. The monoisotopic (exact) mass is 305 g/mol. The lowest BCUT2D eigenvalue weighted by molar-refractivity contribution is -0.137. The van der Waals surface area contributed by atoms with Gasteiger partial charge in [0.05, 0.1) is 18.2 Å². The van der Waals surface area contributed by atoms with Crippen LogP contribution in [0, 0.1) is 0 Å². The van der Waals surface area contributed by atoms with Gasteiger partial charge in [0.15, 0.2) is 0 Å². The molecule has 2 N–H and O–H groups in total. The molecule has 0 unspecified atom stereocenters. The zero-order valence-electron chi connectivity index (χ0n) is 12.0. The maximum Gasteiger partial charge on any atom is 0.416 e. The molecule has 1 aromatic carbocycles. The van der Waals surface area contributed by atoms with E-state index in [2.05, 4.69) is 5.32 Å². The first-order valence-corrected chi connectivity index (χ1v) is 6.31. The quantitative estimate of drug-likeness (QED) is 0.901. The molecule has 1 aromatic rings. The molecule has 0 spiro atoms. The molecule has 1 atom stereocenters. The largest absolute Gasteiger partial charge is 0.444 e. The van der Waals surface area contributed by atoms with E-state index in [9.17, 15) is 23.1 Å². The highest BCUT2D eigenvalue weighted by molar-refractivity contribution is 5.67. The summed E-state index contributed by atoms with van der Waals surface area (Å²) >= 11 is 0. The lowest BCUT2D eigenvalue weighted by Crippen LogP contribution is -2.34. The first-order valence-electron chi connectivity index (χ1n) is 6.31. The van der Waals surface area contributed by atoms with E-state index in [1.165, 1.54) is 12.1 Å². The number of halogens is 3. The number of aliphatic hydroxyl groups is 1. The standard InChI is InChI=1S/C14H18F3NO3/c1-13(2,3)21-12(20)18-8-11(19)9-5-4-6-10(7-9)14(15,16)17/h4-7,11,19H,8H2,1-3H3,(H,18,20)/t11-/m1/s1. The summed E-state index contributed by atoms with van der Waals surface area (Å²) in [6.45, 7) is 4.79. The topological polar surface area (TPSA) is 58.6 Å². The normalized spacial score (nSPS) is 13.7. The molecule has 0 saturated heterocycles. The Kier molecular flexibility index (Phi) is 5.22. The second-order valence-electron chi connectivity index (χ2n) is 5.52. The van der Waals surface area contributed by atoms with Crippen LogP contribution in [0.15, 0.2) is 24.3 Å². The van der Waals surface area contributed by atoms with Gasteiger partial charge < -0.3 is 15.2 Å². The average molecular weight is 305 g/mol. The van der Waals surface area contributed by atoms with E-state index in [-0.39, 0.29) is 12.1 Å². The zero-order valence-corrected chi connectivity index (χ0v) is 12.0. The van der Waals surface area contributed by atoms with Crippen LogP contribution in [0.4, 0.5) is 18.0 Å². The van der Waals surface area contributed by atoms with E-state index in [1.807, 2.05) is 0 Å². The van der Waals surface area contributed by atoms with Crippen molar-refractivity contribution in [2.75, 3.05) is 6.54 Å². The molecule has 7 heteroatoms. The molecule has 0 saturated carbocycles. The van der Waals surface area contributed by atoms with E-state index >= 15 is 0 Å². The van der Waals surface area contributed by atoms with Crippen molar-refractivity contribution in [1.29, 1.82) is 0 Å². The molecule has 0 aliphatic carbocycles. The van der Waals surface area contributed by atoms with Crippen molar-refractivity contribution in [2.24, 2.45) is 0 Å². The van der Waals surface area contributed by atoms with Crippen LogP contribution in [0.3, 0.4) is 0 Å². The summed E-state index contributed by atoms with van der Waals surface area (Å²) in [5.74, 6) is 0. The molecule has 1 rings (SSSR count). The average Bonchev–Trinajstić information content (AvgIpc) is 2.33. The van der Waals surface area contributed by atoms with Gasteiger partial charge in [-0.3, -0.25) is 0 Å². The summed E-state index contributed by atoms with van der Waals surface area (Å²) in [7, 11) is 0. The van der Waals surface area contributed by atoms with Crippen molar-refractivity contribution >= 4 is 6.09 Å². The molecule has 21 heavy (non-hydrogen) atoms. The second-order valence-corrected chi connectivity index (χ2v) is 5.52. The minimum atomic E-state index is -4.48. The minimum absolute atomic E-state index is 0.0703. The van der Waals surface area contributed by atoms with Crippen LogP contribution in [0.1, 0.15) is 38.0 Å². The van der Waals surface area contributed by atoms with Crippen molar-refractivity contribution in [3.8, 4) is 0 Å². The third-order valence-corrected chi connectivity index (χ3v) is 2.44. The molecule has 0 heterocycles. The van der Waals surface area contributed by atoms with Crippen molar-refractivity contribution in [2.45, 2.75) is 38.7 Å². The number of hydrogen-bond donors (Lipinski definition) is 2. The molecule has 0 aromatic heterocycles. The van der Waals surface area contributed by atoms with Gasteiger partial charge in [-0.2, -0.15) is 13.2 Å². The fourth-order valence-corrected chi connectivity index (χ4v) is 1.53. The lowest BCUT2D eigenvalue weighted by Gasteiger charge is -2.20. The van der Waals surface area contributed by atoms with Gasteiger partial charge >= 0.3 is 12.3 Å². The fourth-order valence-electron chi connectivity index (χ4n) is 1.53. The number of alkyl halides is 3. The van der Waals surface area contributed by atoms with Gasteiger partial charge in [0.1, 0.15) is 5.60 Å². The van der Waals surface area contributed by atoms with Crippen molar-refractivity contribution < 1.29 is 27.8 Å². The second kappa shape index (κ2) is 6.34. The molecule has 0 fully saturated rings. The molecule has 0 radical (unpaired) electrons. The van der Waals surface area contributed by atoms with Gasteiger partial charge in [0.25, 0.3) is 0 Å². The summed E-state index contributed by atoms with van der Waals surface area (Å²) < 4.78 is 42.6. The number of alkyl carbamates (subject to hydrolysis) is 1. The fraction of sp³-hybridized carbons (Fsp3) is 0.500. The number of nitrogens with one attached hydrogen (secondary N) is 1. The zero-order chi connectivity index (χ0) is 16.3. The van der Waals surface area contributed by atoms with Crippen LogP contribution >= 0.6 is 0 Å². The molecule has 0 bridgehead atoms. The molecule has 0 aliphatic rings. The van der Waals surface area contributed by atoms with Crippen molar-refractivity contribution in [1.82, 2.24) is 5.32 Å². The van der Waals surface area contributed by atoms with Crippen LogP contribution in [-0.2, 0) is 10.9 Å². The molecule has 0 aliphatic heterocycles. The first-order chi connectivity index (χ1) is 9.49. The molecular weight excluding hydrogens is 287 g/mol. The Bertz CT molecular complexity index is 495. The molecule has 118 valence electrons. The highest BCUT2D eigenvalue weighted by atomic mass is 19.4. The number of amides is 1. The predicted octanol–water partition coefficient (Wildman–Crippen LogP) is 3.26. The maximum atomic E-state index is 12.6. The Morgan fingerprint density at radius 3 is 2.48 bits per heavy atom. The number of carbonyl (C=O) groups excluding carboxylic acids is 1. The van der Waals surface area contributed by atoms with Crippen molar-refractivity contribution in [3.05, 3.63) is 35.4 Å². The van der Waals surface area contributed by atoms with Gasteiger partial charge in [-0.15, -0.1) is 0 Å². The summed E-state index contributed by atoms with van der Waals surface area (Å²) in [4.78, 5) is 11.4. The number of carbonyl (C=O) groups is 1. The lowest BCUT2D eigenvalue weighted by atomic mass is 10.1. The number of hydrogen-bond acceptors (Lipinski definition) is 3. The van der Waals surface area contributed by atoms with E-state index in [0.717, 1.165) is 12.1 Å². The highest BCUT2D eigenvalue weighted by Gasteiger charge is 2.30. The summed E-state index contributed by atoms with van der Waals surface area (Å²) in [6, 6.07) is 4.32. The van der Waals surface area contributed by atoms with Crippen LogP contribution < -0.4 is 5.32 Å². The summed E-state index contributed by atoms with van der Waals surface area (Å²) in [5, 5.41) is 12.1. The Labute approximate surface area is 120 Å². The number of benzene rings is 1. The Hall–Kier alpha value is -1.76. The van der Waals surface area contributed by atoms with Crippen LogP contribution in [0.5, 0.6) is 0 Å². The molecular formula is C14H18F3NO3. The predicted molar refractivity (Wildman–Crippen MR) is 70.6 cm³/mol. The van der Waals surface area contributed by atoms with E-state index in [1.54, 1.807) is 20.8 Å². The van der Waals surface area contributed by atoms with E-state index < -0.39 is 29.5 Å². The number of aliphatic hydroxyl groups excluding tert-OH is 1. The maximum absolute atomic E-state index is 12.6. The molecule has 4 nitrogen and oxygen atoms in total. The van der Waals surface area contributed by atoms with E-state index in [0.29, 0.717) is 0 Å². The van der Waals surface area contributed by atoms with Crippen LogP contribution in [0.2, 0.25) is 0 Å². The number of rotatable bonds is 3. The smallest absolute Gasteiger partial charge is 0.416 e. The van der Waals surface area contributed by atoms with Crippen LogP contribution in [-0.4, -0.2) is 23.3 Å². The Morgan fingerprint density at radius 1 is 1.33 bits per heavy atom.